The third kappa shape index (κ3) is 2.41. The van der Waals surface area contributed by atoms with Crippen molar-refractivity contribution in [1.82, 2.24) is 0 Å². The van der Waals surface area contributed by atoms with Crippen LogP contribution < -0.4 is 9.64 Å². The van der Waals surface area contributed by atoms with Gasteiger partial charge in [0.1, 0.15) is 11.6 Å². The van der Waals surface area contributed by atoms with Crippen molar-refractivity contribution in [1.29, 1.82) is 0 Å². The smallest absolute Gasteiger partial charge is 0.265 e. The molecule has 1 aliphatic heterocycles. The lowest BCUT2D eigenvalue weighted by Crippen LogP contribution is -2.38. The summed E-state index contributed by atoms with van der Waals surface area (Å²) in [4.78, 5) is 13.7. The highest BCUT2D eigenvalue weighted by atomic mass is 79.9. The lowest BCUT2D eigenvalue weighted by molar-refractivity contribution is -0.121. The van der Waals surface area contributed by atoms with Gasteiger partial charge in [-0.3, -0.25) is 4.79 Å². The third-order valence-corrected chi connectivity index (χ3v) is 3.89. The van der Waals surface area contributed by atoms with E-state index in [1.807, 2.05) is 24.3 Å². The SMILES string of the molecule is O=C1COc2ccccc2N1Cc1ccc(F)cc1Br. The highest BCUT2D eigenvalue weighted by molar-refractivity contribution is 9.10. The number of ether oxygens (including phenoxy) is 1. The summed E-state index contributed by atoms with van der Waals surface area (Å²) in [5.74, 6) is 0.264. The monoisotopic (exact) mass is 335 g/mol. The average Bonchev–Trinajstić information content (AvgIpc) is 2.44. The van der Waals surface area contributed by atoms with Crippen molar-refractivity contribution in [2.45, 2.75) is 6.54 Å². The van der Waals surface area contributed by atoms with E-state index in [1.54, 1.807) is 11.0 Å². The van der Waals surface area contributed by atoms with E-state index in [2.05, 4.69) is 15.9 Å². The van der Waals surface area contributed by atoms with Gasteiger partial charge in [0.2, 0.25) is 0 Å². The van der Waals surface area contributed by atoms with Crippen LogP contribution in [-0.2, 0) is 11.3 Å². The third-order valence-electron chi connectivity index (χ3n) is 3.15. The van der Waals surface area contributed by atoms with Crippen molar-refractivity contribution in [3.05, 3.63) is 58.3 Å². The lowest BCUT2D eigenvalue weighted by atomic mass is 10.1. The van der Waals surface area contributed by atoms with Crippen LogP contribution >= 0.6 is 15.9 Å². The first-order valence-corrected chi connectivity index (χ1v) is 6.90. The minimum absolute atomic E-state index is 0.0236. The summed E-state index contributed by atoms with van der Waals surface area (Å²) in [6.45, 7) is 0.399. The maximum Gasteiger partial charge on any atom is 0.265 e. The number of para-hydroxylation sites is 2. The number of hydrogen-bond donors (Lipinski definition) is 0. The molecule has 1 heterocycles. The number of fused-ring (bicyclic) bond motifs is 1. The van der Waals surface area contributed by atoms with E-state index in [0.29, 0.717) is 16.8 Å². The molecule has 0 saturated heterocycles. The predicted molar refractivity (Wildman–Crippen MR) is 77.2 cm³/mol. The van der Waals surface area contributed by atoms with Gasteiger partial charge in [-0.2, -0.15) is 0 Å². The summed E-state index contributed by atoms with van der Waals surface area (Å²) in [5.41, 5.74) is 1.58. The van der Waals surface area contributed by atoms with Gasteiger partial charge in [-0.05, 0) is 29.8 Å². The number of carbonyl (C=O) groups is 1. The van der Waals surface area contributed by atoms with Crippen LogP contribution in [0.4, 0.5) is 10.1 Å². The molecule has 102 valence electrons. The van der Waals surface area contributed by atoms with Crippen LogP contribution in [0.5, 0.6) is 5.75 Å². The van der Waals surface area contributed by atoms with Crippen LogP contribution in [0.2, 0.25) is 0 Å². The summed E-state index contributed by atoms with van der Waals surface area (Å²) in [5, 5.41) is 0. The van der Waals surface area contributed by atoms with Crippen molar-refractivity contribution < 1.29 is 13.9 Å². The zero-order valence-electron chi connectivity index (χ0n) is 10.5. The highest BCUT2D eigenvalue weighted by Crippen LogP contribution is 2.33. The molecule has 0 aliphatic carbocycles. The van der Waals surface area contributed by atoms with Gasteiger partial charge in [0.05, 0.1) is 12.2 Å². The number of nitrogens with zero attached hydrogens (tertiary/aromatic N) is 1. The van der Waals surface area contributed by atoms with Crippen molar-refractivity contribution in [2.75, 3.05) is 11.5 Å². The normalized spacial score (nSPS) is 13.9. The van der Waals surface area contributed by atoms with Crippen LogP contribution in [0.3, 0.4) is 0 Å². The Balaban J connectivity index is 1.95. The molecular formula is C15H11BrFNO2. The van der Waals surface area contributed by atoms with Crippen LogP contribution in [0.15, 0.2) is 46.9 Å². The first-order chi connectivity index (χ1) is 9.65. The number of anilines is 1. The van der Waals surface area contributed by atoms with Gasteiger partial charge < -0.3 is 9.64 Å². The number of carbonyl (C=O) groups excluding carboxylic acids is 1. The topological polar surface area (TPSA) is 29.5 Å². The molecular weight excluding hydrogens is 325 g/mol. The molecule has 0 aromatic heterocycles. The molecule has 0 unspecified atom stereocenters. The van der Waals surface area contributed by atoms with E-state index in [-0.39, 0.29) is 18.3 Å². The van der Waals surface area contributed by atoms with E-state index < -0.39 is 0 Å². The molecule has 1 aliphatic rings. The van der Waals surface area contributed by atoms with Crippen LogP contribution in [0, 0.1) is 5.82 Å². The van der Waals surface area contributed by atoms with Gasteiger partial charge in [0.25, 0.3) is 5.91 Å². The molecule has 0 fully saturated rings. The predicted octanol–water partition coefficient (Wildman–Crippen LogP) is 3.51. The van der Waals surface area contributed by atoms with Gasteiger partial charge in [-0.1, -0.05) is 34.1 Å². The Bertz CT molecular complexity index is 675. The van der Waals surface area contributed by atoms with E-state index in [1.165, 1.54) is 12.1 Å². The first-order valence-electron chi connectivity index (χ1n) is 6.11. The summed E-state index contributed by atoms with van der Waals surface area (Å²) in [6.07, 6.45) is 0. The van der Waals surface area contributed by atoms with E-state index in [0.717, 1.165) is 11.3 Å². The van der Waals surface area contributed by atoms with Crippen LogP contribution in [0.25, 0.3) is 0 Å². The minimum atomic E-state index is -0.311. The second kappa shape index (κ2) is 5.25. The summed E-state index contributed by atoms with van der Waals surface area (Å²) >= 11 is 3.32. The molecule has 2 aromatic carbocycles. The Kier molecular flexibility index (Phi) is 3.44. The molecule has 0 bridgehead atoms. The van der Waals surface area contributed by atoms with Crippen molar-refractivity contribution in [2.24, 2.45) is 0 Å². The number of hydrogen-bond acceptors (Lipinski definition) is 2. The van der Waals surface area contributed by atoms with Crippen molar-refractivity contribution >= 4 is 27.5 Å². The number of amides is 1. The van der Waals surface area contributed by atoms with Gasteiger partial charge in [0.15, 0.2) is 6.61 Å². The Hall–Kier alpha value is -1.88. The second-order valence-corrected chi connectivity index (χ2v) is 5.33. The molecule has 1 amide bonds. The molecule has 5 heteroatoms. The fraction of sp³-hybridized carbons (Fsp3) is 0.133. The Morgan fingerprint density at radius 1 is 1.25 bits per heavy atom. The highest BCUT2D eigenvalue weighted by Gasteiger charge is 2.25. The summed E-state index contributed by atoms with van der Waals surface area (Å²) in [7, 11) is 0. The van der Waals surface area contributed by atoms with E-state index in [4.69, 9.17) is 4.74 Å². The lowest BCUT2D eigenvalue weighted by Gasteiger charge is -2.29. The zero-order valence-corrected chi connectivity index (χ0v) is 12.1. The number of halogens is 2. The molecule has 20 heavy (non-hydrogen) atoms. The van der Waals surface area contributed by atoms with Crippen LogP contribution in [0.1, 0.15) is 5.56 Å². The standard InChI is InChI=1S/C15H11BrFNO2/c16-12-7-11(17)6-5-10(12)8-18-13-3-1-2-4-14(13)20-9-15(18)19/h1-7H,8-9H2. The molecule has 3 rings (SSSR count). The molecule has 2 aromatic rings. The molecule has 0 saturated carbocycles. The number of rotatable bonds is 2. The Morgan fingerprint density at radius 2 is 2.05 bits per heavy atom. The molecule has 0 spiro atoms. The van der Waals surface area contributed by atoms with Crippen LogP contribution in [-0.4, -0.2) is 12.5 Å². The molecule has 3 nitrogen and oxygen atoms in total. The Labute approximate surface area is 124 Å². The minimum Gasteiger partial charge on any atom is -0.482 e. The maximum atomic E-state index is 13.1. The molecule has 0 atom stereocenters. The largest absolute Gasteiger partial charge is 0.482 e. The maximum absolute atomic E-state index is 13.1. The molecule has 0 radical (unpaired) electrons. The van der Waals surface area contributed by atoms with Crippen molar-refractivity contribution in [3.63, 3.8) is 0 Å². The summed E-state index contributed by atoms with van der Waals surface area (Å²) < 4.78 is 19.1. The fourth-order valence-corrected chi connectivity index (χ4v) is 2.62. The second-order valence-electron chi connectivity index (χ2n) is 4.47. The van der Waals surface area contributed by atoms with E-state index >= 15 is 0 Å². The fourth-order valence-electron chi connectivity index (χ4n) is 2.15. The van der Waals surface area contributed by atoms with Gasteiger partial charge >= 0.3 is 0 Å². The van der Waals surface area contributed by atoms with Crippen molar-refractivity contribution in [3.8, 4) is 5.75 Å². The first kappa shape index (κ1) is 13.1. The van der Waals surface area contributed by atoms with Gasteiger partial charge in [0, 0.05) is 4.47 Å². The zero-order chi connectivity index (χ0) is 14.1. The summed E-state index contributed by atoms with van der Waals surface area (Å²) in [6, 6.07) is 11.8. The Morgan fingerprint density at radius 3 is 2.85 bits per heavy atom. The molecule has 0 N–H and O–H groups in total. The quantitative estimate of drug-likeness (QED) is 0.840. The average molecular weight is 336 g/mol. The number of benzene rings is 2. The van der Waals surface area contributed by atoms with E-state index in [9.17, 15) is 9.18 Å². The van der Waals surface area contributed by atoms with Gasteiger partial charge in [-0.15, -0.1) is 0 Å². The van der Waals surface area contributed by atoms with Gasteiger partial charge in [-0.25, -0.2) is 4.39 Å².